The molecule has 1 aliphatic heterocycles. The van der Waals surface area contributed by atoms with Crippen molar-refractivity contribution in [2.75, 3.05) is 18.3 Å². The Kier molecular flexibility index (Phi) is 5.49. The molecule has 0 aromatic carbocycles. The van der Waals surface area contributed by atoms with Crippen LogP contribution in [0.15, 0.2) is 6.20 Å². The average molecular weight is 393 g/mol. The summed E-state index contributed by atoms with van der Waals surface area (Å²) >= 11 is 1.04. The van der Waals surface area contributed by atoms with E-state index < -0.39 is 24.0 Å². The summed E-state index contributed by atoms with van der Waals surface area (Å²) < 4.78 is 43.0. The number of halogens is 3. The van der Waals surface area contributed by atoms with Gasteiger partial charge < -0.3 is 15.3 Å². The van der Waals surface area contributed by atoms with E-state index in [4.69, 9.17) is 10.5 Å². The zero-order valence-electron chi connectivity index (χ0n) is 13.7. The maximum absolute atomic E-state index is 12.6. The van der Waals surface area contributed by atoms with Gasteiger partial charge in [-0.25, -0.2) is 9.78 Å². The predicted molar refractivity (Wildman–Crippen MR) is 85.2 cm³/mol. The van der Waals surface area contributed by atoms with Gasteiger partial charge in [0.05, 0.1) is 0 Å². The van der Waals surface area contributed by atoms with Crippen molar-refractivity contribution in [2.45, 2.75) is 43.8 Å². The minimum Gasteiger partial charge on any atom is -0.381 e. The van der Waals surface area contributed by atoms with Gasteiger partial charge in [-0.2, -0.15) is 13.2 Å². The number of rotatable bonds is 3. The van der Waals surface area contributed by atoms with Crippen molar-refractivity contribution in [3.63, 3.8) is 0 Å². The van der Waals surface area contributed by atoms with E-state index in [9.17, 15) is 22.8 Å². The highest BCUT2D eigenvalue weighted by atomic mass is 32.1. The van der Waals surface area contributed by atoms with Crippen molar-refractivity contribution in [1.29, 1.82) is 0 Å². The van der Waals surface area contributed by atoms with Crippen LogP contribution in [0.5, 0.6) is 0 Å². The summed E-state index contributed by atoms with van der Waals surface area (Å²) in [6.45, 7) is 1.17. The highest BCUT2D eigenvalue weighted by Gasteiger charge is 2.46. The number of thiazole rings is 1. The number of hydroxylamine groups is 1. The Morgan fingerprint density at radius 2 is 1.96 bits per heavy atom. The van der Waals surface area contributed by atoms with Crippen molar-refractivity contribution in [1.82, 2.24) is 4.98 Å². The van der Waals surface area contributed by atoms with Crippen LogP contribution in [0, 0.1) is 5.92 Å². The Hall–Kier alpha value is -1.72. The number of hydrogen-bond donors (Lipinski definition) is 1. The molecular formula is C15H18F3N3O4S. The third kappa shape index (κ3) is 4.15. The second-order valence-corrected chi connectivity index (χ2v) is 7.41. The lowest BCUT2D eigenvalue weighted by atomic mass is 9.80. The van der Waals surface area contributed by atoms with Gasteiger partial charge in [0.25, 0.3) is 5.91 Å². The van der Waals surface area contributed by atoms with Gasteiger partial charge >= 0.3 is 12.1 Å². The second-order valence-electron chi connectivity index (χ2n) is 6.37. The molecule has 2 fully saturated rings. The Balaban J connectivity index is 1.79. The molecule has 1 saturated heterocycles. The molecule has 1 saturated carbocycles. The van der Waals surface area contributed by atoms with E-state index in [-0.39, 0.29) is 17.1 Å². The van der Waals surface area contributed by atoms with Crippen LogP contribution in [-0.2, 0) is 19.2 Å². The molecule has 0 unspecified atom stereocenters. The number of amides is 1. The molecule has 0 radical (unpaired) electrons. The van der Waals surface area contributed by atoms with Crippen LogP contribution in [0.3, 0.4) is 0 Å². The molecule has 2 heterocycles. The molecule has 1 aromatic rings. The Morgan fingerprint density at radius 1 is 1.31 bits per heavy atom. The molecule has 1 aromatic heterocycles. The molecule has 2 N–H and O–H groups in total. The Bertz CT molecular complexity index is 669. The zero-order chi connectivity index (χ0) is 18.9. The molecule has 0 spiro atoms. The van der Waals surface area contributed by atoms with E-state index in [0.29, 0.717) is 31.1 Å². The zero-order valence-corrected chi connectivity index (χ0v) is 14.5. The number of aromatic nitrogens is 1. The van der Waals surface area contributed by atoms with Gasteiger partial charge in [-0.3, -0.25) is 4.79 Å². The Morgan fingerprint density at radius 3 is 2.54 bits per heavy atom. The maximum Gasteiger partial charge on any atom is 0.493 e. The number of hydrogen-bond acceptors (Lipinski definition) is 7. The van der Waals surface area contributed by atoms with Crippen molar-refractivity contribution >= 4 is 28.3 Å². The quantitative estimate of drug-likeness (QED) is 0.791. The van der Waals surface area contributed by atoms with Crippen molar-refractivity contribution in [3.05, 3.63) is 11.1 Å². The number of carbonyl (C=O) groups excluding carboxylic acids is 2. The lowest BCUT2D eigenvalue weighted by Crippen LogP contribution is -2.48. The summed E-state index contributed by atoms with van der Waals surface area (Å²) in [7, 11) is 0. The number of nitrogens with two attached hydrogens (primary N) is 1. The Labute approximate surface area is 151 Å². The van der Waals surface area contributed by atoms with Crippen molar-refractivity contribution in [2.24, 2.45) is 11.7 Å². The standard InChI is InChI=1S/C15H18F3N3O4S/c16-15(17,18)13(23)25-21(12(22)9-5-10(19)6-9)14-20-7-11(26-14)8-1-3-24-4-2-8/h7-10H,1-6,19H2. The van der Waals surface area contributed by atoms with Crippen molar-refractivity contribution in [3.8, 4) is 0 Å². The highest BCUT2D eigenvalue weighted by Crippen LogP contribution is 2.37. The molecule has 0 bridgehead atoms. The number of nitrogens with zero attached hydrogens (tertiary/aromatic N) is 2. The van der Waals surface area contributed by atoms with E-state index in [1.165, 1.54) is 6.20 Å². The van der Waals surface area contributed by atoms with Crippen LogP contribution in [-0.4, -0.2) is 42.3 Å². The fraction of sp³-hybridized carbons (Fsp3) is 0.667. The van der Waals surface area contributed by atoms with Crippen LogP contribution in [0.4, 0.5) is 18.3 Å². The van der Waals surface area contributed by atoms with E-state index in [0.717, 1.165) is 29.1 Å². The summed E-state index contributed by atoms with van der Waals surface area (Å²) in [6, 6.07) is -0.182. The molecule has 7 nitrogen and oxygen atoms in total. The van der Waals surface area contributed by atoms with Crippen LogP contribution in [0.25, 0.3) is 0 Å². The normalized spacial score (nSPS) is 24.0. The van der Waals surface area contributed by atoms with Gasteiger partial charge in [-0.05, 0) is 31.6 Å². The number of anilines is 1. The molecule has 11 heteroatoms. The van der Waals surface area contributed by atoms with E-state index in [1.807, 2.05) is 0 Å². The lowest BCUT2D eigenvalue weighted by Gasteiger charge is -2.33. The fourth-order valence-corrected chi connectivity index (χ4v) is 3.92. The van der Waals surface area contributed by atoms with Gasteiger partial charge in [-0.15, -0.1) is 5.06 Å². The van der Waals surface area contributed by atoms with Gasteiger partial charge in [-0.1, -0.05) is 11.3 Å². The van der Waals surface area contributed by atoms with Crippen LogP contribution >= 0.6 is 11.3 Å². The number of ether oxygens (including phenoxy) is 1. The van der Waals surface area contributed by atoms with Gasteiger partial charge in [0, 0.05) is 36.2 Å². The smallest absolute Gasteiger partial charge is 0.381 e. The number of carbonyl (C=O) groups is 2. The molecule has 26 heavy (non-hydrogen) atoms. The second kappa shape index (κ2) is 7.49. The van der Waals surface area contributed by atoms with Gasteiger partial charge in [0.1, 0.15) is 0 Å². The summed E-state index contributed by atoms with van der Waals surface area (Å²) in [5, 5.41) is 0.286. The van der Waals surface area contributed by atoms with E-state index >= 15 is 0 Å². The first-order valence-electron chi connectivity index (χ1n) is 8.18. The number of alkyl halides is 3. The highest BCUT2D eigenvalue weighted by molar-refractivity contribution is 7.15. The van der Waals surface area contributed by atoms with Crippen LogP contribution in [0.2, 0.25) is 0 Å². The van der Waals surface area contributed by atoms with Crippen LogP contribution < -0.4 is 10.8 Å². The average Bonchev–Trinajstić information content (AvgIpc) is 3.05. The maximum atomic E-state index is 12.6. The van der Waals surface area contributed by atoms with Gasteiger partial charge in [0.15, 0.2) is 0 Å². The third-order valence-electron chi connectivity index (χ3n) is 4.44. The fourth-order valence-electron chi connectivity index (χ4n) is 2.88. The molecule has 1 amide bonds. The summed E-state index contributed by atoms with van der Waals surface area (Å²) in [6.07, 6.45) is -1.53. The SMILES string of the molecule is NC1CC(C(=O)N(OC(=O)C(F)(F)F)c2ncc(C3CCOCC3)s2)C1. The minimum absolute atomic E-state index is 0.0884. The summed E-state index contributed by atoms with van der Waals surface area (Å²) in [4.78, 5) is 32.9. The third-order valence-corrected chi connectivity index (χ3v) is 5.57. The molecule has 1 aliphatic carbocycles. The largest absolute Gasteiger partial charge is 0.493 e. The van der Waals surface area contributed by atoms with E-state index in [2.05, 4.69) is 9.82 Å². The molecule has 144 valence electrons. The lowest BCUT2D eigenvalue weighted by molar-refractivity contribution is -0.202. The first kappa shape index (κ1) is 19.1. The molecule has 2 aliphatic rings. The molecular weight excluding hydrogens is 375 g/mol. The summed E-state index contributed by atoms with van der Waals surface area (Å²) in [5.74, 6) is -3.63. The van der Waals surface area contributed by atoms with Gasteiger partial charge in [0.2, 0.25) is 5.13 Å². The monoisotopic (exact) mass is 393 g/mol. The van der Waals surface area contributed by atoms with Crippen LogP contribution in [0.1, 0.15) is 36.5 Å². The van der Waals surface area contributed by atoms with E-state index in [1.54, 1.807) is 0 Å². The topological polar surface area (TPSA) is 94.8 Å². The first-order chi connectivity index (χ1) is 12.3. The first-order valence-corrected chi connectivity index (χ1v) is 8.99. The summed E-state index contributed by atoms with van der Waals surface area (Å²) in [5.41, 5.74) is 5.63. The molecule has 3 rings (SSSR count). The van der Waals surface area contributed by atoms with Crippen molar-refractivity contribution < 1.29 is 32.3 Å². The predicted octanol–water partition coefficient (Wildman–Crippen LogP) is 2.13. The minimum atomic E-state index is -5.21. The molecule has 0 atom stereocenters.